The normalized spacial score (nSPS) is 14.4. The summed E-state index contributed by atoms with van der Waals surface area (Å²) in [6.07, 6.45) is 5.90. The molecule has 0 rings (SSSR count). The molecule has 0 heterocycles. The molecule has 0 saturated heterocycles. The Hall–Kier alpha value is -0.260. The molecule has 0 aliphatic rings. The van der Waals surface area contributed by atoms with E-state index in [-0.39, 0.29) is 11.9 Å². The molecule has 0 radical (unpaired) electrons. The summed E-state index contributed by atoms with van der Waals surface area (Å²) in [6, 6.07) is -0.309. The fourth-order valence-corrected chi connectivity index (χ4v) is 2.02. The molecule has 17 heavy (non-hydrogen) atoms. The summed E-state index contributed by atoms with van der Waals surface area (Å²) in [5.74, 6) is 0.857. The van der Waals surface area contributed by atoms with Crippen molar-refractivity contribution in [2.75, 3.05) is 25.7 Å². The highest BCUT2D eigenvalue weighted by molar-refractivity contribution is 7.98. The zero-order valence-corrected chi connectivity index (χ0v) is 12.0. The largest absolute Gasteiger partial charge is 0.383 e. The van der Waals surface area contributed by atoms with Crippen LogP contribution in [0.25, 0.3) is 0 Å². The van der Waals surface area contributed by atoms with E-state index in [2.05, 4.69) is 12.2 Å². The number of nitrogens with two attached hydrogens (primary N) is 1. The summed E-state index contributed by atoms with van der Waals surface area (Å²) in [4.78, 5) is 11.8. The first-order valence-electron chi connectivity index (χ1n) is 6.19. The number of amides is 1. The van der Waals surface area contributed by atoms with Crippen LogP contribution in [0.1, 0.15) is 32.6 Å². The van der Waals surface area contributed by atoms with Crippen LogP contribution in [0, 0.1) is 0 Å². The number of carbonyl (C=O) groups is 1. The molecule has 1 unspecified atom stereocenters. The Morgan fingerprint density at radius 1 is 1.47 bits per heavy atom. The van der Waals surface area contributed by atoms with Gasteiger partial charge in [0.05, 0.1) is 18.7 Å². The average Bonchev–Trinajstić information content (AvgIpc) is 2.33. The van der Waals surface area contributed by atoms with E-state index in [9.17, 15) is 4.79 Å². The van der Waals surface area contributed by atoms with E-state index < -0.39 is 6.04 Å². The van der Waals surface area contributed by atoms with Gasteiger partial charge in [-0.25, -0.2) is 0 Å². The maximum Gasteiger partial charge on any atom is 0.237 e. The van der Waals surface area contributed by atoms with Crippen molar-refractivity contribution in [2.45, 2.75) is 44.7 Å². The van der Waals surface area contributed by atoms with Crippen molar-refractivity contribution >= 4 is 17.7 Å². The van der Waals surface area contributed by atoms with Gasteiger partial charge in [-0.05, 0) is 24.9 Å². The van der Waals surface area contributed by atoms with E-state index in [4.69, 9.17) is 10.5 Å². The van der Waals surface area contributed by atoms with Crippen LogP contribution in [-0.4, -0.2) is 43.7 Å². The third-order valence-corrected chi connectivity index (χ3v) is 3.23. The fourth-order valence-electron chi connectivity index (χ4n) is 1.53. The number of rotatable bonds is 10. The molecule has 1 amide bonds. The van der Waals surface area contributed by atoms with Crippen LogP contribution in [0.2, 0.25) is 0 Å². The Morgan fingerprint density at radius 3 is 2.71 bits per heavy atom. The molecule has 0 aromatic carbocycles. The molecule has 0 aliphatic heterocycles. The molecule has 0 aromatic heterocycles. The monoisotopic (exact) mass is 262 g/mol. The van der Waals surface area contributed by atoms with Crippen molar-refractivity contribution in [3.05, 3.63) is 0 Å². The quantitative estimate of drug-likeness (QED) is 0.624. The molecular weight excluding hydrogens is 236 g/mol. The van der Waals surface area contributed by atoms with E-state index in [0.29, 0.717) is 6.61 Å². The highest BCUT2D eigenvalue weighted by atomic mass is 32.2. The Morgan fingerprint density at radius 2 is 2.18 bits per heavy atom. The van der Waals surface area contributed by atoms with Crippen LogP contribution in [0.5, 0.6) is 0 Å². The molecular formula is C12H26N2O2S. The minimum absolute atomic E-state index is 0.0581. The molecule has 0 spiro atoms. The van der Waals surface area contributed by atoms with Crippen LogP contribution < -0.4 is 11.1 Å². The van der Waals surface area contributed by atoms with Gasteiger partial charge in [-0.2, -0.15) is 11.8 Å². The zero-order valence-electron chi connectivity index (χ0n) is 11.2. The van der Waals surface area contributed by atoms with Crippen LogP contribution >= 0.6 is 11.8 Å². The molecule has 0 fully saturated rings. The van der Waals surface area contributed by atoms with Crippen molar-refractivity contribution < 1.29 is 9.53 Å². The van der Waals surface area contributed by atoms with Gasteiger partial charge in [-0.3, -0.25) is 4.79 Å². The van der Waals surface area contributed by atoms with E-state index in [1.165, 1.54) is 0 Å². The van der Waals surface area contributed by atoms with Gasteiger partial charge in [-0.1, -0.05) is 19.8 Å². The second-order valence-electron chi connectivity index (χ2n) is 4.19. The van der Waals surface area contributed by atoms with Crippen molar-refractivity contribution in [2.24, 2.45) is 5.73 Å². The zero-order chi connectivity index (χ0) is 13.1. The molecule has 0 aliphatic carbocycles. The lowest BCUT2D eigenvalue weighted by molar-refractivity contribution is -0.123. The van der Waals surface area contributed by atoms with Gasteiger partial charge in [0.25, 0.3) is 0 Å². The minimum atomic E-state index is -0.400. The lowest BCUT2D eigenvalue weighted by Gasteiger charge is -2.20. The summed E-state index contributed by atoms with van der Waals surface area (Å²) < 4.78 is 5.10. The Bertz CT molecular complexity index is 203. The Kier molecular flexibility index (Phi) is 10.7. The van der Waals surface area contributed by atoms with Crippen LogP contribution in [0.4, 0.5) is 0 Å². The first-order valence-corrected chi connectivity index (χ1v) is 7.58. The third-order valence-electron chi connectivity index (χ3n) is 2.59. The van der Waals surface area contributed by atoms with Crippen molar-refractivity contribution in [3.8, 4) is 0 Å². The average molecular weight is 262 g/mol. The molecule has 0 saturated carbocycles. The van der Waals surface area contributed by atoms with Crippen LogP contribution in [0.3, 0.4) is 0 Å². The van der Waals surface area contributed by atoms with Crippen molar-refractivity contribution in [1.29, 1.82) is 0 Å². The maximum absolute atomic E-state index is 11.8. The minimum Gasteiger partial charge on any atom is -0.383 e. The van der Waals surface area contributed by atoms with Gasteiger partial charge in [0.1, 0.15) is 0 Å². The van der Waals surface area contributed by atoms with Gasteiger partial charge in [0.2, 0.25) is 5.91 Å². The summed E-state index contributed by atoms with van der Waals surface area (Å²) >= 11 is 1.71. The molecule has 0 bridgehead atoms. The van der Waals surface area contributed by atoms with E-state index in [0.717, 1.165) is 31.4 Å². The van der Waals surface area contributed by atoms with Crippen molar-refractivity contribution in [3.63, 3.8) is 0 Å². The first kappa shape index (κ1) is 16.7. The molecule has 5 heteroatoms. The summed E-state index contributed by atoms with van der Waals surface area (Å²) in [5.41, 5.74) is 5.81. The number of unbranched alkanes of at least 4 members (excludes halogenated alkanes) is 1. The highest BCUT2D eigenvalue weighted by Crippen LogP contribution is 2.03. The van der Waals surface area contributed by atoms with E-state index in [1.807, 2.05) is 6.26 Å². The Labute approximate surface area is 109 Å². The van der Waals surface area contributed by atoms with Crippen LogP contribution in [0.15, 0.2) is 0 Å². The van der Waals surface area contributed by atoms with Gasteiger partial charge >= 0.3 is 0 Å². The highest BCUT2D eigenvalue weighted by Gasteiger charge is 2.17. The second kappa shape index (κ2) is 10.9. The van der Waals surface area contributed by atoms with Gasteiger partial charge in [-0.15, -0.1) is 0 Å². The van der Waals surface area contributed by atoms with Gasteiger partial charge < -0.3 is 15.8 Å². The maximum atomic E-state index is 11.8. The topological polar surface area (TPSA) is 64.3 Å². The predicted octanol–water partition coefficient (Wildman–Crippen LogP) is 1.39. The Balaban J connectivity index is 4.00. The summed E-state index contributed by atoms with van der Waals surface area (Å²) in [5, 5.41) is 2.96. The lowest BCUT2D eigenvalue weighted by Crippen LogP contribution is -2.47. The van der Waals surface area contributed by atoms with E-state index in [1.54, 1.807) is 18.9 Å². The predicted molar refractivity (Wildman–Crippen MR) is 74.3 cm³/mol. The number of hydrogen-bond donors (Lipinski definition) is 2. The number of methoxy groups -OCH3 is 1. The number of thioether (sulfide) groups is 1. The SMILES string of the molecule is CCCCC(COC)NC(=O)[C@@H](N)CCSC. The lowest BCUT2D eigenvalue weighted by atomic mass is 10.1. The smallest absolute Gasteiger partial charge is 0.237 e. The number of ether oxygens (including phenoxy) is 1. The number of nitrogens with one attached hydrogen (secondary N) is 1. The van der Waals surface area contributed by atoms with Gasteiger partial charge in [0.15, 0.2) is 0 Å². The first-order chi connectivity index (χ1) is 8.15. The molecule has 2 atom stereocenters. The molecule has 102 valence electrons. The summed E-state index contributed by atoms with van der Waals surface area (Å²) in [6.45, 7) is 2.69. The van der Waals surface area contributed by atoms with E-state index >= 15 is 0 Å². The third kappa shape index (κ3) is 8.46. The molecule has 4 nitrogen and oxygen atoms in total. The molecule has 0 aromatic rings. The molecule has 3 N–H and O–H groups in total. The van der Waals surface area contributed by atoms with Gasteiger partial charge in [0, 0.05) is 7.11 Å². The van der Waals surface area contributed by atoms with Crippen LogP contribution in [-0.2, 0) is 9.53 Å². The summed E-state index contributed by atoms with van der Waals surface area (Å²) in [7, 11) is 1.65. The second-order valence-corrected chi connectivity index (χ2v) is 5.18. The van der Waals surface area contributed by atoms with Crippen molar-refractivity contribution in [1.82, 2.24) is 5.32 Å². The fraction of sp³-hybridized carbons (Fsp3) is 0.917. The standard InChI is InChI=1S/C12H26N2O2S/c1-4-5-6-10(9-16-2)14-12(15)11(13)7-8-17-3/h10-11H,4-9,13H2,1-3H3,(H,14,15)/t10?,11-/m0/s1. The number of carbonyl (C=O) groups excluding carboxylic acids is 1. The number of hydrogen-bond acceptors (Lipinski definition) is 4.